The zero-order valence-corrected chi connectivity index (χ0v) is 16.3. The van der Waals surface area contributed by atoms with Gasteiger partial charge < -0.3 is 10.1 Å². The lowest BCUT2D eigenvalue weighted by Crippen LogP contribution is -2.30. The fourth-order valence-electron chi connectivity index (χ4n) is 2.42. The summed E-state index contributed by atoms with van der Waals surface area (Å²) >= 11 is 0. The van der Waals surface area contributed by atoms with Gasteiger partial charge in [-0.1, -0.05) is 13.8 Å². The van der Waals surface area contributed by atoms with Crippen molar-refractivity contribution in [3.05, 3.63) is 59.9 Å². The number of anilines is 1. The quantitative estimate of drug-likeness (QED) is 0.678. The summed E-state index contributed by atoms with van der Waals surface area (Å²) in [5.41, 5.74) is 0.487. The van der Waals surface area contributed by atoms with Crippen molar-refractivity contribution in [2.45, 2.75) is 18.7 Å². The average molecular weight is 408 g/mol. The number of rotatable bonds is 8. The van der Waals surface area contributed by atoms with E-state index in [4.69, 9.17) is 4.74 Å². The van der Waals surface area contributed by atoms with Crippen LogP contribution in [0.15, 0.2) is 53.4 Å². The molecule has 0 saturated carbocycles. The van der Waals surface area contributed by atoms with Crippen LogP contribution in [0.25, 0.3) is 0 Å². The van der Waals surface area contributed by atoms with E-state index in [1.54, 1.807) is 13.8 Å². The van der Waals surface area contributed by atoms with E-state index in [1.807, 2.05) is 0 Å². The lowest BCUT2D eigenvalue weighted by molar-refractivity contribution is -0.119. The summed E-state index contributed by atoms with van der Waals surface area (Å²) in [6.07, 6.45) is 0. The molecule has 9 heteroatoms. The van der Waals surface area contributed by atoms with E-state index in [1.165, 1.54) is 40.7 Å². The van der Waals surface area contributed by atoms with Gasteiger partial charge in [-0.15, -0.1) is 0 Å². The van der Waals surface area contributed by atoms with E-state index < -0.39 is 34.3 Å². The molecule has 2 aromatic rings. The number of halogens is 1. The van der Waals surface area contributed by atoms with Gasteiger partial charge >= 0.3 is 5.97 Å². The van der Waals surface area contributed by atoms with Crippen molar-refractivity contribution in [3.8, 4) is 0 Å². The van der Waals surface area contributed by atoms with Crippen molar-refractivity contribution in [1.82, 2.24) is 4.31 Å². The number of esters is 1. The van der Waals surface area contributed by atoms with Crippen LogP contribution in [0.3, 0.4) is 0 Å². The second-order valence-electron chi connectivity index (χ2n) is 5.74. The first-order chi connectivity index (χ1) is 13.3. The lowest BCUT2D eigenvalue weighted by atomic mass is 10.2. The second-order valence-corrected chi connectivity index (χ2v) is 7.68. The molecule has 0 aromatic heterocycles. The number of hydrogen-bond donors (Lipinski definition) is 1. The van der Waals surface area contributed by atoms with Crippen LogP contribution in [0, 0.1) is 5.82 Å². The fourth-order valence-corrected chi connectivity index (χ4v) is 3.88. The molecule has 0 aliphatic rings. The molecule has 0 radical (unpaired) electrons. The number of amides is 1. The number of carbonyl (C=O) groups excluding carboxylic acids is 2. The maximum atomic E-state index is 12.8. The highest BCUT2D eigenvalue weighted by Crippen LogP contribution is 2.18. The highest BCUT2D eigenvalue weighted by molar-refractivity contribution is 7.89. The molecular weight excluding hydrogens is 387 g/mol. The summed E-state index contributed by atoms with van der Waals surface area (Å²) < 4.78 is 43.9. The Bertz CT molecular complexity index is 924. The van der Waals surface area contributed by atoms with E-state index in [-0.39, 0.29) is 10.5 Å². The number of benzene rings is 2. The minimum atomic E-state index is -3.58. The molecule has 1 N–H and O–H groups in total. The topological polar surface area (TPSA) is 92.8 Å². The molecule has 0 atom stereocenters. The number of hydrogen-bond acceptors (Lipinski definition) is 5. The zero-order valence-electron chi connectivity index (χ0n) is 15.5. The van der Waals surface area contributed by atoms with Crippen LogP contribution in [-0.4, -0.2) is 44.3 Å². The standard InChI is InChI=1S/C19H21FN2O5S/c1-3-22(4-2)28(25,26)17-11-9-16(10-12-17)21-18(23)13-27-19(24)14-5-7-15(20)8-6-14/h5-12H,3-4,13H2,1-2H3,(H,21,23). The first-order valence-electron chi connectivity index (χ1n) is 8.60. The van der Waals surface area contributed by atoms with Crippen LogP contribution in [0.1, 0.15) is 24.2 Å². The van der Waals surface area contributed by atoms with Gasteiger partial charge in [-0.25, -0.2) is 17.6 Å². The van der Waals surface area contributed by atoms with Crippen molar-refractivity contribution in [2.75, 3.05) is 25.0 Å². The molecule has 0 aliphatic heterocycles. The molecule has 0 unspecified atom stereocenters. The van der Waals surface area contributed by atoms with Gasteiger partial charge in [0, 0.05) is 18.8 Å². The molecule has 28 heavy (non-hydrogen) atoms. The van der Waals surface area contributed by atoms with Crippen LogP contribution >= 0.6 is 0 Å². The molecule has 2 rings (SSSR count). The predicted octanol–water partition coefficient (Wildman–Crippen LogP) is 2.65. The van der Waals surface area contributed by atoms with Crippen molar-refractivity contribution < 1.29 is 27.1 Å². The van der Waals surface area contributed by atoms with Gasteiger partial charge in [-0.05, 0) is 48.5 Å². The Morgan fingerprint density at radius 1 is 1.00 bits per heavy atom. The highest BCUT2D eigenvalue weighted by Gasteiger charge is 2.21. The van der Waals surface area contributed by atoms with Crippen LogP contribution < -0.4 is 5.32 Å². The highest BCUT2D eigenvalue weighted by atomic mass is 32.2. The van der Waals surface area contributed by atoms with E-state index in [0.717, 1.165) is 12.1 Å². The van der Waals surface area contributed by atoms with Gasteiger partial charge in [-0.2, -0.15) is 4.31 Å². The summed E-state index contributed by atoms with van der Waals surface area (Å²) in [5, 5.41) is 2.51. The Morgan fingerprint density at radius 2 is 1.57 bits per heavy atom. The van der Waals surface area contributed by atoms with Crippen LogP contribution in [0.2, 0.25) is 0 Å². The molecule has 0 fully saturated rings. The predicted molar refractivity (Wildman–Crippen MR) is 102 cm³/mol. The first-order valence-corrected chi connectivity index (χ1v) is 10.0. The van der Waals surface area contributed by atoms with Crippen LogP contribution in [0.4, 0.5) is 10.1 Å². The third-order valence-electron chi connectivity index (χ3n) is 3.90. The van der Waals surface area contributed by atoms with Crippen molar-refractivity contribution in [2.24, 2.45) is 0 Å². The Balaban J connectivity index is 1.94. The third kappa shape index (κ3) is 5.37. The van der Waals surface area contributed by atoms with Gasteiger partial charge in [0.1, 0.15) is 5.82 Å². The Hall–Kier alpha value is -2.78. The molecule has 0 saturated heterocycles. The van der Waals surface area contributed by atoms with E-state index >= 15 is 0 Å². The number of carbonyl (C=O) groups is 2. The zero-order chi connectivity index (χ0) is 20.7. The van der Waals surface area contributed by atoms with E-state index in [0.29, 0.717) is 18.8 Å². The molecular formula is C19H21FN2O5S. The van der Waals surface area contributed by atoms with Gasteiger partial charge in [0.25, 0.3) is 5.91 Å². The van der Waals surface area contributed by atoms with E-state index in [2.05, 4.69) is 5.32 Å². The van der Waals surface area contributed by atoms with E-state index in [9.17, 15) is 22.4 Å². The smallest absolute Gasteiger partial charge is 0.338 e. The van der Waals surface area contributed by atoms with Crippen LogP contribution in [-0.2, 0) is 19.6 Å². The minimum Gasteiger partial charge on any atom is -0.452 e. The Labute approximate surface area is 163 Å². The lowest BCUT2D eigenvalue weighted by Gasteiger charge is -2.18. The third-order valence-corrected chi connectivity index (χ3v) is 5.96. The molecule has 0 aliphatic carbocycles. The second kappa shape index (κ2) is 9.43. The minimum absolute atomic E-state index is 0.122. The van der Waals surface area contributed by atoms with Crippen LogP contribution in [0.5, 0.6) is 0 Å². The normalized spacial score (nSPS) is 11.3. The largest absolute Gasteiger partial charge is 0.452 e. The summed E-state index contributed by atoms with van der Waals surface area (Å²) in [4.78, 5) is 23.8. The Kier molecular flexibility index (Phi) is 7.24. The van der Waals surface area contributed by atoms with Gasteiger partial charge in [0.15, 0.2) is 6.61 Å². The summed E-state index contributed by atoms with van der Waals surface area (Å²) in [5.74, 6) is -1.83. The molecule has 0 spiro atoms. The van der Waals surface area contributed by atoms with Gasteiger partial charge in [-0.3, -0.25) is 4.79 Å². The molecule has 0 bridgehead atoms. The molecule has 2 aromatic carbocycles. The average Bonchev–Trinajstić information content (AvgIpc) is 2.68. The van der Waals surface area contributed by atoms with Crippen molar-refractivity contribution >= 4 is 27.6 Å². The fraction of sp³-hybridized carbons (Fsp3) is 0.263. The number of sulfonamides is 1. The monoisotopic (exact) mass is 408 g/mol. The number of nitrogens with zero attached hydrogens (tertiary/aromatic N) is 1. The maximum Gasteiger partial charge on any atom is 0.338 e. The number of nitrogens with one attached hydrogen (secondary N) is 1. The molecule has 7 nitrogen and oxygen atoms in total. The Morgan fingerprint density at radius 3 is 2.11 bits per heavy atom. The molecule has 150 valence electrons. The van der Waals surface area contributed by atoms with Crippen molar-refractivity contribution in [3.63, 3.8) is 0 Å². The summed E-state index contributed by atoms with van der Waals surface area (Å²) in [6, 6.07) is 10.4. The van der Waals surface area contributed by atoms with Crippen molar-refractivity contribution in [1.29, 1.82) is 0 Å². The van der Waals surface area contributed by atoms with Gasteiger partial charge in [0.2, 0.25) is 10.0 Å². The molecule has 1 amide bonds. The number of ether oxygens (including phenoxy) is 1. The van der Waals surface area contributed by atoms with Gasteiger partial charge in [0.05, 0.1) is 10.5 Å². The summed E-state index contributed by atoms with van der Waals surface area (Å²) in [6.45, 7) is 3.69. The summed E-state index contributed by atoms with van der Waals surface area (Å²) in [7, 11) is -3.58. The SMILES string of the molecule is CCN(CC)S(=O)(=O)c1ccc(NC(=O)COC(=O)c2ccc(F)cc2)cc1. The molecule has 0 heterocycles. The first kappa shape index (κ1) is 21.5. The maximum absolute atomic E-state index is 12.8.